The highest BCUT2D eigenvalue weighted by Crippen LogP contribution is 2.40. The van der Waals surface area contributed by atoms with Gasteiger partial charge < -0.3 is 9.80 Å². The van der Waals surface area contributed by atoms with Crippen LogP contribution in [0.3, 0.4) is 0 Å². The summed E-state index contributed by atoms with van der Waals surface area (Å²) in [6.45, 7) is 5.05. The molecule has 0 radical (unpaired) electrons. The Morgan fingerprint density at radius 3 is 2.38 bits per heavy atom. The van der Waals surface area contributed by atoms with Crippen molar-refractivity contribution in [3.8, 4) is 0 Å². The second-order valence-electron chi connectivity index (χ2n) is 10.8. The Labute approximate surface area is 232 Å². The topological polar surface area (TPSA) is 52.6 Å². The fourth-order valence-electron chi connectivity index (χ4n) is 5.65. The van der Waals surface area contributed by atoms with E-state index in [2.05, 4.69) is 27.6 Å². The number of hydrogen-bond donors (Lipinski definition) is 1. The van der Waals surface area contributed by atoms with E-state index < -0.39 is 32.7 Å². The highest BCUT2D eigenvalue weighted by Gasteiger charge is 2.34. The van der Waals surface area contributed by atoms with Crippen LogP contribution in [-0.2, 0) is 29.0 Å². The maximum Gasteiger partial charge on any atom is 0.416 e. The van der Waals surface area contributed by atoms with E-state index in [1.54, 1.807) is 12.1 Å². The second kappa shape index (κ2) is 11.6. The van der Waals surface area contributed by atoms with E-state index in [9.17, 15) is 26.0 Å². The Morgan fingerprint density at radius 2 is 1.68 bits per heavy atom. The minimum absolute atomic E-state index is 0.0878. The van der Waals surface area contributed by atoms with Crippen molar-refractivity contribution in [1.29, 1.82) is 0 Å². The molecule has 0 unspecified atom stereocenters. The molecular formula is C30H33F4N3O2S. The average Bonchev–Trinajstić information content (AvgIpc) is 2.92. The standard InChI is InChI=1S/C30H33F4N3O2S/c1-36-13-15-37(16-14-36)12-11-21-5-10-28-24(17-21)18-23(22-6-8-26(31)9-7-22)19-29(28)35-40(38,39)27-4-2-3-25(20-27)30(32,33)34/h2-10,17,20,23,29,35H,11-16,18-19H2,1H3/t23-,29+/m0/s1. The maximum absolute atomic E-state index is 13.6. The van der Waals surface area contributed by atoms with Crippen molar-refractivity contribution in [2.45, 2.75) is 42.3 Å². The lowest BCUT2D eigenvalue weighted by atomic mass is 9.77. The van der Waals surface area contributed by atoms with Crippen molar-refractivity contribution in [2.24, 2.45) is 0 Å². The number of fused-ring (bicyclic) bond motifs is 1. The Hall–Kier alpha value is -2.79. The normalized spacial score (nSPS) is 20.8. The van der Waals surface area contributed by atoms with Crippen molar-refractivity contribution in [2.75, 3.05) is 39.8 Å². The van der Waals surface area contributed by atoms with Crippen molar-refractivity contribution in [3.05, 3.63) is 100 Å². The molecule has 3 aromatic carbocycles. The van der Waals surface area contributed by atoms with Crippen LogP contribution >= 0.6 is 0 Å². The summed E-state index contributed by atoms with van der Waals surface area (Å²) in [5.41, 5.74) is 2.83. The minimum atomic E-state index is -4.66. The van der Waals surface area contributed by atoms with Crippen molar-refractivity contribution < 1.29 is 26.0 Å². The van der Waals surface area contributed by atoms with Gasteiger partial charge in [-0.3, -0.25) is 0 Å². The van der Waals surface area contributed by atoms with Gasteiger partial charge in [0.25, 0.3) is 0 Å². The summed E-state index contributed by atoms with van der Waals surface area (Å²) in [6.07, 6.45) is -2.74. The van der Waals surface area contributed by atoms with E-state index in [0.29, 0.717) is 18.9 Å². The molecule has 2 atom stereocenters. The Morgan fingerprint density at radius 1 is 0.950 bits per heavy atom. The first-order valence-corrected chi connectivity index (χ1v) is 14.9. The number of nitrogens with zero attached hydrogens (tertiary/aromatic N) is 2. The number of sulfonamides is 1. The summed E-state index contributed by atoms with van der Waals surface area (Å²) in [5, 5.41) is 0. The zero-order chi connectivity index (χ0) is 28.5. The van der Waals surface area contributed by atoms with Crippen LogP contribution in [-0.4, -0.2) is 58.0 Å². The van der Waals surface area contributed by atoms with Crippen LogP contribution in [0.15, 0.2) is 71.6 Å². The van der Waals surface area contributed by atoms with Crippen LogP contribution in [0.25, 0.3) is 0 Å². The van der Waals surface area contributed by atoms with Gasteiger partial charge in [0.1, 0.15) is 5.82 Å². The number of likely N-dealkylation sites (N-methyl/N-ethyl adjacent to an activating group) is 1. The number of halogens is 4. The largest absolute Gasteiger partial charge is 0.416 e. The molecule has 10 heteroatoms. The molecule has 1 saturated heterocycles. The molecular weight excluding hydrogens is 542 g/mol. The molecule has 1 aliphatic heterocycles. The lowest BCUT2D eigenvalue weighted by Crippen LogP contribution is -2.45. The SMILES string of the molecule is CN1CCN(CCc2ccc3c(c2)C[C@H](c2ccc(F)cc2)C[C@H]3NS(=O)(=O)c2cccc(C(F)(F)F)c2)CC1. The quantitative estimate of drug-likeness (QED) is 0.385. The van der Waals surface area contributed by atoms with E-state index in [4.69, 9.17) is 0 Å². The molecule has 2 aliphatic rings. The molecule has 3 aromatic rings. The molecule has 0 saturated carbocycles. The van der Waals surface area contributed by atoms with Crippen LogP contribution in [0.5, 0.6) is 0 Å². The fraction of sp³-hybridized carbons (Fsp3) is 0.400. The first-order valence-electron chi connectivity index (χ1n) is 13.5. The van der Waals surface area contributed by atoms with Crippen molar-refractivity contribution >= 4 is 10.0 Å². The summed E-state index contributed by atoms with van der Waals surface area (Å²) in [7, 11) is -2.14. The molecule has 5 nitrogen and oxygen atoms in total. The molecule has 5 rings (SSSR count). The van der Waals surface area contributed by atoms with Gasteiger partial charge in [-0.05, 0) is 84.8 Å². The van der Waals surface area contributed by atoms with Crippen molar-refractivity contribution in [3.63, 3.8) is 0 Å². The number of hydrogen-bond acceptors (Lipinski definition) is 4. The third-order valence-corrected chi connectivity index (χ3v) is 9.46. The summed E-state index contributed by atoms with van der Waals surface area (Å²) in [5.74, 6) is -0.442. The van der Waals surface area contributed by atoms with Crippen LogP contribution in [0, 0.1) is 5.82 Å². The van der Waals surface area contributed by atoms with Gasteiger partial charge in [0.05, 0.1) is 10.5 Å². The molecule has 214 valence electrons. The number of rotatable bonds is 7. The van der Waals surface area contributed by atoms with Gasteiger partial charge in [-0.2, -0.15) is 13.2 Å². The number of benzene rings is 3. The van der Waals surface area contributed by atoms with Gasteiger partial charge in [-0.25, -0.2) is 17.5 Å². The first kappa shape index (κ1) is 28.7. The smallest absolute Gasteiger partial charge is 0.304 e. The Kier molecular flexibility index (Phi) is 8.33. The monoisotopic (exact) mass is 575 g/mol. The Bertz CT molecular complexity index is 1440. The van der Waals surface area contributed by atoms with Crippen LogP contribution in [0.2, 0.25) is 0 Å². The molecule has 0 spiro atoms. The average molecular weight is 576 g/mol. The molecule has 0 amide bonds. The van der Waals surface area contributed by atoms with E-state index in [-0.39, 0.29) is 11.7 Å². The summed E-state index contributed by atoms with van der Waals surface area (Å²) >= 11 is 0. The summed E-state index contributed by atoms with van der Waals surface area (Å²) in [4.78, 5) is 4.31. The van der Waals surface area contributed by atoms with Gasteiger partial charge >= 0.3 is 6.18 Å². The highest BCUT2D eigenvalue weighted by atomic mass is 32.2. The number of alkyl halides is 3. The summed E-state index contributed by atoms with van der Waals surface area (Å²) < 4.78 is 82.7. The van der Waals surface area contributed by atoms with Crippen LogP contribution in [0.1, 0.15) is 46.2 Å². The van der Waals surface area contributed by atoms with Gasteiger partial charge in [0.2, 0.25) is 10.0 Å². The molecule has 40 heavy (non-hydrogen) atoms. The lowest BCUT2D eigenvalue weighted by Gasteiger charge is -2.33. The van der Waals surface area contributed by atoms with E-state index >= 15 is 0 Å². The zero-order valence-corrected chi connectivity index (χ0v) is 23.1. The number of nitrogens with one attached hydrogen (secondary N) is 1. The van der Waals surface area contributed by atoms with E-state index in [0.717, 1.165) is 73.5 Å². The van der Waals surface area contributed by atoms with E-state index in [1.165, 1.54) is 18.2 Å². The minimum Gasteiger partial charge on any atom is -0.304 e. The van der Waals surface area contributed by atoms with Gasteiger partial charge in [-0.15, -0.1) is 0 Å². The zero-order valence-electron chi connectivity index (χ0n) is 22.3. The van der Waals surface area contributed by atoms with Gasteiger partial charge in [-0.1, -0.05) is 36.4 Å². The number of piperazine rings is 1. The van der Waals surface area contributed by atoms with Gasteiger partial charge in [0, 0.05) is 38.8 Å². The molecule has 1 heterocycles. The molecule has 1 N–H and O–H groups in total. The highest BCUT2D eigenvalue weighted by molar-refractivity contribution is 7.89. The molecule has 1 fully saturated rings. The fourth-order valence-corrected chi connectivity index (χ4v) is 6.92. The summed E-state index contributed by atoms with van der Waals surface area (Å²) in [6, 6.07) is 15.4. The predicted octanol–water partition coefficient (Wildman–Crippen LogP) is 5.38. The third kappa shape index (κ3) is 6.74. The lowest BCUT2D eigenvalue weighted by molar-refractivity contribution is -0.137. The van der Waals surface area contributed by atoms with Crippen molar-refractivity contribution in [1.82, 2.24) is 14.5 Å². The molecule has 1 aliphatic carbocycles. The third-order valence-electron chi connectivity index (χ3n) is 7.99. The molecule has 0 bridgehead atoms. The van der Waals surface area contributed by atoms with E-state index in [1.807, 2.05) is 12.1 Å². The predicted molar refractivity (Wildman–Crippen MR) is 146 cm³/mol. The molecule has 0 aromatic heterocycles. The second-order valence-corrected chi connectivity index (χ2v) is 12.5. The Balaban J connectivity index is 1.41. The van der Waals surface area contributed by atoms with Crippen LogP contribution in [0.4, 0.5) is 17.6 Å². The maximum atomic E-state index is 13.6. The van der Waals surface area contributed by atoms with Crippen LogP contribution < -0.4 is 4.72 Å². The first-order chi connectivity index (χ1) is 19.0. The van der Waals surface area contributed by atoms with Gasteiger partial charge in [0.15, 0.2) is 0 Å².